The molecular weight excluding hydrogens is 430 g/mol. The first-order chi connectivity index (χ1) is 16.5. The predicted molar refractivity (Wildman–Crippen MR) is 121 cm³/mol. The van der Waals surface area contributed by atoms with Gasteiger partial charge in [0, 0.05) is 6.54 Å². The van der Waals surface area contributed by atoms with Crippen LogP contribution >= 0.6 is 0 Å². The van der Waals surface area contributed by atoms with E-state index in [1.807, 2.05) is 35.2 Å². The number of carbonyl (C=O) groups excluding carboxylic acids is 4. The lowest BCUT2D eigenvalue weighted by atomic mass is 9.81. The highest BCUT2D eigenvalue weighted by Gasteiger charge is 2.62. The van der Waals surface area contributed by atoms with Crippen molar-refractivity contribution in [1.29, 1.82) is 0 Å². The molecule has 7 nitrogen and oxygen atoms in total. The summed E-state index contributed by atoms with van der Waals surface area (Å²) >= 11 is 0. The smallest absolute Gasteiger partial charge is 0.234 e. The van der Waals surface area contributed by atoms with Crippen molar-refractivity contribution in [3.8, 4) is 0 Å². The SMILES string of the molecule is O=C1[C@@H]2[C@H]3CC[C@@H](C3)[C@@H]2C(=O)N1CN(Cc1ccccc1)CN1C(=O)[C@H]2[C@H]3CC[C@@H](C3)[C@@H]2C1=O. The van der Waals surface area contributed by atoms with Gasteiger partial charge in [-0.3, -0.25) is 33.9 Å². The van der Waals surface area contributed by atoms with Gasteiger partial charge in [-0.15, -0.1) is 0 Å². The molecule has 178 valence electrons. The molecule has 0 unspecified atom stereocenters. The van der Waals surface area contributed by atoms with Crippen LogP contribution in [0.1, 0.15) is 44.1 Å². The Bertz CT molecular complexity index is 953. The summed E-state index contributed by atoms with van der Waals surface area (Å²) in [6, 6.07) is 9.85. The number of amides is 4. The van der Waals surface area contributed by atoms with Crippen LogP contribution in [-0.4, -0.2) is 51.7 Å². The van der Waals surface area contributed by atoms with Gasteiger partial charge in [0.05, 0.1) is 37.0 Å². The van der Waals surface area contributed by atoms with Crippen LogP contribution in [-0.2, 0) is 25.7 Å². The zero-order valence-electron chi connectivity index (χ0n) is 19.3. The third-order valence-electron chi connectivity index (χ3n) is 9.97. The van der Waals surface area contributed by atoms with Crippen molar-refractivity contribution in [1.82, 2.24) is 14.7 Å². The molecule has 7 heteroatoms. The first kappa shape index (κ1) is 20.8. The Balaban J connectivity index is 1.14. The molecule has 7 rings (SSSR count). The highest BCUT2D eigenvalue weighted by molar-refractivity contribution is 6.07. The number of likely N-dealkylation sites (tertiary alicyclic amines) is 2. The number of benzene rings is 1. The molecule has 2 saturated heterocycles. The molecule has 4 aliphatic carbocycles. The summed E-state index contributed by atoms with van der Waals surface area (Å²) in [6.45, 7) is 0.746. The minimum atomic E-state index is -0.158. The van der Waals surface area contributed by atoms with Gasteiger partial charge < -0.3 is 0 Å². The highest BCUT2D eigenvalue weighted by atomic mass is 16.2. The van der Waals surface area contributed by atoms with Crippen molar-refractivity contribution in [2.24, 2.45) is 47.3 Å². The van der Waals surface area contributed by atoms with E-state index in [9.17, 15) is 19.2 Å². The molecule has 6 aliphatic rings. The van der Waals surface area contributed by atoms with Gasteiger partial charge in [-0.1, -0.05) is 30.3 Å². The topological polar surface area (TPSA) is 78.0 Å². The summed E-state index contributed by atoms with van der Waals surface area (Å²) in [7, 11) is 0. The summed E-state index contributed by atoms with van der Waals surface area (Å²) in [5.41, 5.74) is 1.03. The zero-order valence-corrected chi connectivity index (χ0v) is 19.3. The molecule has 4 amide bonds. The van der Waals surface area contributed by atoms with Crippen molar-refractivity contribution in [3.63, 3.8) is 0 Å². The Labute approximate surface area is 199 Å². The van der Waals surface area contributed by atoms with Crippen LogP contribution in [0.25, 0.3) is 0 Å². The Kier molecular flexibility index (Phi) is 4.57. The fraction of sp³-hybridized carbons (Fsp3) is 0.630. The van der Waals surface area contributed by atoms with E-state index in [0.29, 0.717) is 30.2 Å². The fourth-order valence-electron chi connectivity index (χ4n) is 8.61. The van der Waals surface area contributed by atoms with Gasteiger partial charge in [-0.05, 0) is 67.8 Å². The van der Waals surface area contributed by atoms with Gasteiger partial charge in [0.25, 0.3) is 0 Å². The maximum Gasteiger partial charge on any atom is 0.234 e. The molecule has 1 aromatic rings. The van der Waals surface area contributed by atoms with Crippen LogP contribution in [0.5, 0.6) is 0 Å². The molecule has 0 spiro atoms. The molecule has 2 heterocycles. The van der Waals surface area contributed by atoms with E-state index in [0.717, 1.165) is 44.1 Å². The lowest BCUT2D eigenvalue weighted by Crippen LogP contribution is -2.48. The van der Waals surface area contributed by atoms with Crippen LogP contribution < -0.4 is 0 Å². The van der Waals surface area contributed by atoms with Crippen LogP contribution in [0, 0.1) is 47.3 Å². The van der Waals surface area contributed by atoms with Gasteiger partial charge in [0.15, 0.2) is 0 Å². The second-order valence-electron chi connectivity index (χ2n) is 11.6. The van der Waals surface area contributed by atoms with Gasteiger partial charge in [0.2, 0.25) is 23.6 Å². The lowest BCUT2D eigenvalue weighted by Gasteiger charge is -2.31. The molecule has 4 bridgehead atoms. The maximum absolute atomic E-state index is 13.3. The summed E-state index contributed by atoms with van der Waals surface area (Å²) in [5, 5.41) is 0. The van der Waals surface area contributed by atoms with Crippen LogP contribution in [0.2, 0.25) is 0 Å². The van der Waals surface area contributed by atoms with Crippen LogP contribution in [0.15, 0.2) is 30.3 Å². The van der Waals surface area contributed by atoms with Crippen molar-refractivity contribution in [2.45, 2.75) is 45.1 Å². The van der Waals surface area contributed by atoms with Gasteiger partial charge in [0.1, 0.15) is 0 Å². The number of fused-ring (bicyclic) bond motifs is 10. The van der Waals surface area contributed by atoms with E-state index in [1.54, 1.807) is 0 Å². The second kappa shape index (κ2) is 7.48. The Morgan fingerprint density at radius 3 is 1.38 bits per heavy atom. The molecule has 0 N–H and O–H groups in total. The summed E-state index contributed by atoms with van der Waals surface area (Å²) in [4.78, 5) is 58.1. The molecule has 4 saturated carbocycles. The molecule has 0 aromatic heterocycles. The van der Waals surface area contributed by atoms with Crippen molar-refractivity contribution < 1.29 is 19.2 Å². The average molecular weight is 462 g/mol. The maximum atomic E-state index is 13.3. The number of nitrogens with zero attached hydrogens (tertiary/aromatic N) is 3. The molecular formula is C27H31N3O4. The molecule has 8 atom stereocenters. The van der Waals surface area contributed by atoms with Crippen LogP contribution in [0.3, 0.4) is 0 Å². The summed E-state index contributed by atoms with van der Waals surface area (Å²) in [6.07, 6.45) is 6.22. The standard InChI is InChI=1S/C27H31N3O4/c31-24-20-16-6-7-17(10-16)21(20)25(32)29(24)13-28(12-15-4-2-1-3-5-15)14-30-26(33)22-18-8-9-19(11-18)23(22)27(30)34/h1-5,16-23H,6-14H2/t16-,17-,18-,19-,20-,21-,22-,23+/m0/s1. The van der Waals surface area contributed by atoms with Crippen LogP contribution in [0.4, 0.5) is 0 Å². The molecule has 1 aromatic carbocycles. The molecule has 0 radical (unpaired) electrons. The molecule has 6 fully saturated rings. The monoisotopic (exact) mass is 461 g/mol. The Hall–Kier alpha value is -2.54. The highest BCUT2D eigenvalue weighted by Crippen LogP contribution is 2.57. The number of hydrogen-bond donors (Lipinski definition) is 0. The summed E-state index contributed by atoms with van der Waals surface area (Å²) < 4.78 is 0. The minimum absolute atomic E-state index is 0.0470. The quantitative estimate of drug-likeness (QED) is 0.609. The van der Waals surface area contributed by atoms with E-state index in [2.05, 4.69) is 0 Å². The Morgan fingerprint density at radius 2 is 1.00 bits per heavy atom. The third-order valence-corrected chi connectivity index (χ3v) is 9.97. The zero-order chi connectivity index (χ0) is 23.1. The summed E-state index contributed by atoms with van der Waals surface area (Å²) in [5.74, 6) is 0.555. The van der Waals surface area contributed by atoms with Gasteiger partial charge in [-0.2, -0.15) is 0 Å². The number of hydrogen-bond acceptors (Lipinski definition) is 5. The third kappa shape index (κ3) is 2.85. The molecule has 34 heavy (non-hydrogen) atoms. The van der Waals surface area contributed by atoms with E-state index in [4.69, 9.17) is 0 Å². The number of rotatable bonds is 6. The van der Waals surface area contributed by atoms with E-state index in [-0.39, 0.29) is 60.6 Å². The number of imide groups is 2. The van der Waals surface area contributed by atoms with E-state index >= 15 is 0 Å². The van der Waals surface area contributed by atoms with Crippen molar-refractivity contribution >= 4 is 23.6 Å². The normalized spacial score (nSPS) is 39.8. The minimum Gasteiger partial charge on any atom is -0.274 e. The van der Waals surface area contributed by atoms with Crippen molar-refractivity contribution in [3.05, 3.63) is 35.9 Å². The predicted octanol–water partition coefficient (Wildman–Crippen LogP) is 2.47. The van der Waals surface area contributed by atoms with E-state index < -0.39 is 0 Å². The van der Waals surface area contributed by atoms with E-state index in [1.165, 1.54) is 9.80 Å². The largest absolute Gasteiger partial charge is 0.274 e. The van der Waals surface area contributed by atoms with Gasteiger partial charge in [-0.25, -0.2) is 0 Å². The first-order valence-electron chi connectivity index (χ1n) is 13.0. The second-order valence-corrected chi connectivity index (χ2v) is 11.6. The van der Waals surface area contributed by atoms with Gasteiger partial charge >= 0.3 is 0 Å². The average Bonchev–Trinajstić information content (AvgIpc) is 3.68. The lowest BCUT2D eigenvalue weighted by molar-refractivity contribution is -0.146. The molecule has 2 aliphatic heterocycles. The van der Waals surface area contributed by atoms with Crippen molar-refractivity contribution in [2.75, 3.05) is 13.3 Å². The first-order valence-corrected chi connectivity index (χ1v) is 13.0. The Morgan fingerprint density at radius 1 is 0.618 bits per heavy atom. The fourth-order valence-corrected chi connectivity index (χ4v) is 8.61. The number of carbonyl (C=O) groups is 4.